The molecule has 1 atom stereocenters. The minimum absolute atomic E-state index is 0.228. The lowest BCUT2D eigenvalue weighted by Crippen LogP contribution is -2.23. The van der Waals surface area contributed by atoms with E-state index in [0.29, 0.717) is 13.2 Å². The monoisotopic (exact) mass is 350 g/mol. The van der Waals surface area contributed by atoms with E-state index in [2.05, 4.69) is 52.5 Å². The highest BCUT2D eigenvalue weighted by Gasteiger charge is 2.29. The molecule has 2 aromatic carbocycles. The van der Waals surface area contributed by atoms with Gasteiger partial charge in [-0.2, -0.15) is 0 Å². The summed E-state index contributed by atoms with van der Waals surface area (Å²) in [6.07, 6.45) is 1.73. The lowest BCUT2D eigenvalue weighted by molar-refractivity contribution is 0.110. The Morgan fingerprint density at radius 2 is 2.04 bits per heavy atom. The Morgan fingerprint density at radius 3 is 2.85 bits per heavy atom. The van der Waals surface area contributed by atoms with Crippen LogP contribution in [0.3, 0.4) is 0 Å². The summed E-state index contributed by atoms with van der Waals surface area (Å²) in [5.41, 5.74) is 4.32. The molecule has 0 radical (unpaired) electrons. The van der Waals surface area contributed by atoms with Gasteiger partial charge in [0.15, 0.2) is 6.23 Å². The van der Waals surface area contributed by atoms with Gasteiger partial charge in [-0.05, 0) is 24.6 Å². The Kier molecular flexibility index (Phi) is 4.58. The van der Waals surface area contributed by atoms with E-state index in [1.54, 1.807) is 7.11 Å². The first kappa shape index (κ1) is 16.6. The summed E-state index contributed by atoms with van der Waals surface area (Å²) in [6.45, 7) is 4.25. The van der Waals surface area contributed by atoms with Crippen LogP contribution in [0.25, 0.3) is 0 Å². The van der Waals surface area contributed by atoms with Crippen molar-refractivity contribution < 1.29 is 9.47 Å². The van der Waals surface area contributed by atoms with Gasteiger partial charge in [0.05, 0.1) is 26.5 Å². The molecule has 0 bridgehead atoms. The molecule has 0 aliphatic carbocycles. The zero-order valence-corrected chi connectivity index (χ0v) is 15.0. The second-order valence-electron chi connectivity index (χ2n) is 6.44. The maximum Gasteiger partial charge on any atom is 0.177 e. The van der Waals surface area contributed by atoms with Crippen LogP contribution < -0.4 is 9.64 Å². The molecular weight excluding hydrogens is 328 g/mol. The third kappa shape index (κ3) is 3.41. The Labute approximate surface area is 153 Å². The number of ether oxygens (including phenoxy) is 2. The SMILES string of the molecule is COc1cccc(N2CCO[C@@H]2c2cn(Cc3ccc(C)cc3)nn2)c1. The minimum atomic E-state index is -0.228. The molecule has 0 N–H and O–H groups in total. The van der Waals surface area contributed by atoms with Crippen molar-refractivity contribution in [2.24, 2.45) is 0 Å². The summed E-state index contributed by atoms with van der Waals surface area (Å²) in [5, 5.41) is 8.62. The highest BCUT2D eigenvalue weighted by Crippen LogP contribution is 2.32. The molecule has 0 unspecified atom stereocenters. The minimum Gasteiger partial charge on any atom is -0.497 e. The Balaban J connectivity index is 1.53. The van der Waals surface area contributed by atoms with Gasteiger partial charge in [-0.1, -0.05) is 41.1 Å². The number of methoxy groups -OCH3 is 1. The summed E-state index contributed by atoms with van der Waals surface area (Å²) in [6, 6.07) is 16.4. The summed E-state index contributed by atoms with van der Waals surface area (Å²) >= 11 is 0. The zero-order valence-electron chi connectivity index (χ0n) is 15.0. The van der Waals surface area contributed by atoms with Crippen molar-refractivity contribution >= 4 is 5.69 Å². The van der Waals surface area contributed by atoms with Crippen LogP contribution >= 0.6 is 0 Å². The van der Waals surface area contributed by atoms with E-state index in [9.17, 15) is 0 Å². The van der Waals surface area contributed by atoms with Gasteiger partial charge in [0.2, 0.25) is 0 Å². The molecule has 2 heterocycles. The van der Waals surface area contributed by atoms with Crippen molar-refractivity contribution in [2.75, 3.05) is 25.2 Å². The molecule has 26 heavy (non-hydrogen) atoms. The smallest absolute Gasteiger partial charge is 0.177 e. The van der Waals surface area contributed by atoms with E-state index in [1.807, 2.05) is 29.1 Å². The van der Waals surface area contributed by atoms with Crippen LogP contribution in [0.4, 0.5) is 5.69 Å². The van der Waals surface area contributed by atoms with Crippen LogP contribution in [-0.2, 0) is 11.3 Å². The van der Waals surface area contributed by atoms with E-state index < -0.39 is 0 Å². The summed E-state index contributed by atoms with van der Waals surface area (Å²) < 4.78 is 13.1. The molecule has 1 aliphatic rings. The van der Waals surface area contributed by atoms with E-state index in [0.717, 1.165) is 23.7 Å². The van der Waals surface area contributed by atoms with Gasteiger partial charge in [0.25, 0.3) is 0 Å². The number of hydrogen-bond donors (Lipinski definition) is 0. The fraction of sp³-hybridized carbons (Fsp3) is 0.300. The number of benzene rings is 2. The topological polar surface area (TPSA) is 52.4 Å². The number of nitrogens with zero attached hydrogens (tertiary/aromatic N) is 4. The van der Waals surface area contributed by atoms with E-state index >= 15 is 0 Å². The van der Waals surface area contributed by atoms with Crippen LogP contribution in [0, 0.1) is 6.92 Å². The summed E-state index contributed by atoms with van der Waals surface area (Å²) in [5.74, 6) is 0.830. The Hall–Kier alpha value is -2.86. The molecule has 6 heteroatoms. The lowest BCUT2D eigenvalue weighted by Gasteiger charge is -2.23. The van der Waals surface area contributed by atoms with Crippen molar-refractivity contribution in [3.05, 3.63) is 71.5 Å². The van der Waals surface area contributed by atoms with Crippen molar-refractivity contribution in [3.63, 3.8) is 0 Å². The highest BCUT2D eigenvalue weighted by molar-refractivity contribution is 5.52. The van der Waals surface area contributed by atoms with Gasteiger partial charge in [-0.15, -0.1) is 5.10 Å². The largest absolute Gasteiger partial charge is 0.497 e. The predicted molar refractivity (Wildman–Crippen MR) is 99.3 cm³/mol. The first-order chi connectivity index (χ1) is 12.7. The number of hydrogen-bond acceptors (Lipinski definition) is 5. The molecule has 1 saturated heterocycles. The van der Waals surface area contributed by atoms with E-state index in [-0.39, 0.29) is 6.23 Å². The van der Waals surface area contributed by atoms with Gasteiger partial charge >= 0.3 is 0 Å². The standard InChI is InChI=1S/C20H22N4O2/c1-15-6-8-16(9-7-15)13-23-14-19(21-22-23)20-24(10-11-26-20)17-4-3-5-18(12-17)25-2/h3-9,12,14,20H,10-11,13H2,1-2H3/t20-/m1/s1. The quantitative estimate of drug-likeness (QED) is 0.707. The second-order valence-corrected chi connectivity index (χ2v) is 6.44. The number of anilines is 1. The van der Waals surface area contributed by atoms with Crippen LogP contribution in [0.1, 0.15) is 23.0 Å². The fourth-order valence-corrected chi connectivity index (χ4v) is 3.15. The molecule has 4 rings (SSSR count). The second kappa shape index (κ2) is 7.17. The third-order valence-corrected chi connectivity index (χ3v) is 4.55. The number of rotatable bonds is 5. The van der Waals surface area contributed by atoms with Crippen molar-refractivity contribution in [2.45, 2.75) is 19.7 Å². The predicted octanol–water partition coefficient (Wildman–Crippen LogP) is 3.18. The fourth-order valence-electron chi connectivity index (χ4n) is 3.15. The van der Waals surface area contributed by atoms with E-state index in [4.69, 9.17) is 9.47 Å². The van der Waals surface area contributed by atoms with Crippen molar-refractivity contribution in [1.29, 1.82) is 0 Å². The van der Waals surface area contributed by atoms with Gasteiger partial charge in [-0.3, -0.25) is 0 Å². The van der Waals surface area contributed by atoms with Gasteiger partial charge < -0.3 is 14.4 Å². The van der Waals surface area contributed by atoms with Crippen molar-refractivity contribution in [3.8, 4) is 5.75 Å². The van der Waals surface area contributed by atoms with Gasteiger partial charge in [-0.25, -0.2) is 4.68 Å². The molecule has 3 aromatic rings. The van der Waals surface area contributed by atoms with Gasteiger partial charge in [0.1, 0.15) is 11.4 Å². The average molecular weight is 350 g/mol. The first-order valence-corrected chi connectivity index (χ1v) is 8.71. The van der Waals surface area contributed by atoms with Gasteiger partial charge in [0, 0.05) is 18.3 Å². The van der Waals surface area contributed by atoms with Crippen molar-refractivity contribution in [1.82, 2.24) is 15.0 Å². The zero-order chi connectivity index (χ0) is 17.9. The van der Waals surface area contributed by atoms with Crippen LogP contribution in [0.15, 0.2) is 54.7 Å². The van der Waals surface area contributed by atoms with Crippen LogP contribution in [0.5, 0.6) is 5.75 Å². The maximum absolute atomic E-state index is 5.93. The lowest BCUT2D eigenvalue weighted by atomic mass is 10.1. The third-order valence-electron chi connectivity index (χ3n) is 4.55. The molecule has 1 aromatic heterocycles. The number of aromatic nitrogens is 3. The maximum atomic E-state index is 5.93. The van der Waals surface area contributed by atoms with Crippen LogP contribution in [-0.4, -0.2) is 35.3 Å². The summed E-state index contributed by atoms with van der Waals surface area (Å²) in [4.78, 5) is 2.18. The molecule has 1 fully saturated rings. The molecule has 6 nitrogen and oxygen atoms in total. The normalized spacial score (nSPS) is 16.8. The molecule has 1 aliphatic heterocycles. The van der Waals surface area contributed by atoms with E-state index in [1.165, 1.54) is 11.1 Å². The number of aryl methyl sites for hydroxylation is 1. The highest BCUT2D eigenvalue weighted by atomic mass is 16.5. The molecule has 0 saturated carbocycles. The Bertz CT molecular complexity index is 876. The average Bonchev–Trinajstić information content (AvgIpc) is 3.33. The first-order valence-electron chi connectivity index (χ1n) is 8.71. The Morgan fingerprint density at radius 1 is 1.19 bits per heavy atom. The van der Waals surface area contributed by atoms with Crippen LogP contribution in [0.2, 0.25) is 0 Å². The summed E-state index contributed by atoms with van der Waals surface area (Å²) in [7, 11) is 1.67. The molecule has 0 amide bonds. The molecule has 0 spiro atoms. The molecular formula is C20H22N4O2. The molecule has 134 valence electrons.